The molecule has 0 spiro atoms. The second-order valence-corrected chi connectivity index (χ2v) is 10.3. The van der Waals surface area contributed by atoms with Crippen LogP contribution in [0.5, 0.6) is 0 Å². The van der Waals surface area contributed by atoms with Crippen molar-refractivity contribution in [1.82, 2.24) is 20.0 Å². The first-order chi connectivity index (χ1) is 20.2. The van der Waals surface area contributed by atoms with E-state index >= 15 is 0 Å². The molecule has 1 aromatic heterocycles. The van der Waals surface area contributed by atoms with Crippen LogP contribution in [0, 0.1) is 0 Å². The first-order valence-electron chi connectivity index (χ1n) is 14.0. The number of carbonyl (C=O) groups excluding carboxylic acids is 2. The van der Waals surface area contributed by atoms with E-state index < -0.39 is 11.7 Å². The topological polar surface area (TPSA) is 79.3 Å². The maximum atomic E-state index is 13.0. The number of nitrogens with one attached hydrogen (secondary N) is 2. The van der Waals surface area contributed by atoms with Crippen LogP contribution in [0.25, 0.3) is 28.1 Å². The van der Waals surface area contributed by atoms with Crippen LogP contribution in [0.4, 0.5) is 23.7 Å². The zero-order valence-electron chi connectivity index (χ0n) is 23.2. The lowest BCUT2D eigenvalue weighted by atomic mass is 10.0. The van der Waals surface area contributed by atoms with Crippen molar-refractivity contribution in [2.45, 2.75) is 38.3 Å². The minimum absolute atomic E-state index is 0.0826. The van der Waals surface area contributed by atoms with Crippen molar-refractivity contribution in [2.24, 2.45) is 0 Å². The third kappa shape index (κ3) is 6.82. The van der Waals surface area contributed by atoms with Gasteiger partial charge in [0.05, 0.1) is 22.6 Å². The number of carbonyl (C=O) groups is 2. The van der Waals surface area contributed by atoms with Gasteiger partial charge in [0, 0.05) is 44.2 Å². The average molecular weight is 576 g/mol. The normalized spacial score (nSPS) is 13.6. The molecule has 1 aliphatic rings. The van der Waals surface area contributed by atoms with Gasteiger partial charge in [-0.2, -0.15) is 18.3 Å². The lowest BCUT2D eigenvalue weighted by molar-refractivity contribution is -0.137. The van der Waals surface area contributed by atoms with Gasteiger partial charge in [-0.3, -0.25) is 4.79 Å². The molecule has 0 unspecified atom stereocenters. The van der Waals surface area contributed by atoms with Crippen molar-refractivity contribution in [1.29, 1.82) is 0 Å². The summed E-state index contributed by atoms with van der Waals surface area (Å²) in [4.78, 5) is 26.3. The second kappa shape index (κ2) is 12.5. The molecule has 3 aromatic carbocycles. The number of likely N-dealkylation sites (tertiary alicyclic amines) is 1. The van der Waals surface area contributed by atoms with Crippen LogP contribution in [-0.4, -0.2) is 46.8 Å². The largest absolute Gasteiger partial charge is 0.416 e. The summed E-state index contributed by atoms with van der Waals surface area (Å²) in [7, 11) is 1.59. The van der Waals surface area contributed by atoms with Crippen LogP contribution in [0.1, 0.15) is 36.9 Å². The minimum Gasteiger partial charge on any atom is -0.359 e. The van der Waals surface area contributed by atoms with E-state index in [2.05, 4.69) is 10.6 Å². The molecule has 1 fully saturated rings. The Labute approximate surface area is 242 Å². The van der Waals surface area contributed by atoms with Gasteiger partial charge >= 0.3 is 12.2 Å². The second-order valence-electron chi connectivity index (χ2n) is 10.3. The summed E-state index contributed by atoms with van der Waals surface area (Å²) in [6.45, 7) is 1.52. The predicted octanol–water partition coefficient (Wildman–Crippen LogP) is 6.92. The van der Waals surface area contributed by atoms with Crippen LogP contribution < -0.4 is 10.6 Å². The first-order valence-corrected chi connectivity index (χ1v) is 14.0. The number of nitrogens with zero attached hydrogens (tertiary/aromatic N) is 3. The van der Waals surface area contributed by atoms with E-state index in [0.717, 1.165) is 72.7 Å². The number of amides is 3. The van der Waals surface area contributed by atoms with Gasteiger partial charge in [-0.05, 0) is 72.9 Å². The highest BCUT2D eigenvalue weighted by Crippen LogP contribution is 2.32. The van der Waals surface area contributed by atoms with Gasteiger partial charge in [-0.25, -0.2) is 9.48 Å². The number of anilines is 1. The standard InChI is InChI=1S/C32H32F3N5O2/c1-36-30(41)18-15-27-21-29(24-7-5-22(6-8-24)23-9-11-25(12-10-23)32(33,34)35)40(38-27)28-16-13-26(14-17-28)37-31(42)39-19-3-2-4-20-39/h5-14,16-17,21H,2-4,15,18-20H2,1H3,(H,36,41)(H,37,42). The summed E-state index contributed by atoms with van der Waals surface area (Å²) in [6.07, 6.45) is -0.459. The quantitative estimate of drug-likeness (QED) is 0.251. The van der Waals surface area contributed by atoms with Gasteiger partial charge in [-0.1, -0.05) is 36.4 Å². The molecule has 7 nitrogen and oxygen atoms in total. The number of alkyl halides is 3. The predicted molar refractivity (Wildman–Crippen MR) is 156 cm³/mol. The number of aryl methyl sites for hydroxylation is 1. The highest BCUT2D eigenvalue weighted by molar-refractivity contribution is 5.89. The summed E-state index contributed by atoms with van der Waals surface area (Å²) in [5.41, 5.74) is 4.63. The third-order valence-corrected chi connectivity index (χ3v) is 7.38. The maximum Gasteiger partial charge on any atom is 0.416 e. The van der Waals surface area contributed by atoms with E-state index in [4.69, 9.17) is 5.10 Å². The monoisotopic (exact) mass is 575 g/mol. The summed E-state index contributed by atoms with van der Waals surface area (Å²) < 4.78 is 40.7. The number of aromatic nitrogens is 2. The zero-order valence-corrected chi connectivity index (χ0v) is 23.2. The molecule has 218 valence electrons. The summed E-state index contributed by atoms with van der Waals surface area (Å²) in [5.74, 6) is -0.0826. The Hall–Kier alpha value is -4.60. The fourth-order valence-corrected chi connectivity index (χ4v) is 4.99. The van der Waals surface area contributed by atoms with Crippen molar-refractivity contribution >= 4 is 17.6 Å². The summed E-state index contributed by atoms with van der Waals surface area (Å²) in [6, 6.07) is 21.9. The Balaban J connectivity index is 1.39. The van der Waals surface area contributed by atoms with E-state index in [9.17, 15) is 22.8 Å². The van der Waals surface area contributed by atoms with Gasteiger partial charge in [0.15, 0.2) is 0 Å². The molecule has 2 heterocycles. The average Bonchev–Trinajstić information content (AvgIpc) is 3.44. The van der Waals surface area contributed by atoms with E-state index in [0.29, 0.717) is 24.1 Å². The van der Waals surface area contributed by atoms with Crippen molar-refractivity contribution in [3.63, 3.8) is 0 Å². The molecule has 5 rings (SSSR count). The minimum atomic E-state index is -4.38. The number of rotatable bonds is 7. The molecule has 0 atom stereocenters. The van der Waals surface area contributed by atoms with Crippen LogP contribution in [0.2, 0.25) is 0 Å². The van der Waals surface area contributed by atoms with Crippen LogP contribution in [0.3, 0.4) is 0 Å². The Kier molecular flexibility index (Phi) is 8.61. The number of hydrogen-bond donors (Lipinski definition) is 2. The number of benzene rings is 3. The van der Waals surface area contributed by atoms with Crippen LogP contribution >= 0.6 is 0 Å². The first kappa shape index (κ1) is 28.9. The van der Waals surface area contributed by atoms with Crippen LogP contribution in [-0.2, 0) is 17.4 Å². The van der Waals surface area contributed by atoms with Crippen molar-refractivity contribution in [3.8, 4) is 28.1 Å². The third-order valence-electron chi connectivity index (χ3n) is 7.38. The van der Waals surface area contributed by atoms with E-state index in [1.54, 1.807) is 11.7 Å². The van der Waals surface area contributed by atoms with Crippen LogP contribution in [0.15, 0.2) is 78.9 Å². The molecule has 42 heavy (non-hydrogen) atoms. The smallest absolute Gasteiger partial charge is 0.359 e. The molecular formula is C32H32F3N5O2. The lowest BCUT2D eigenvalue weighted by Gasteiger charge is -2.26. The van der Waals surface area contributed by atoms with E-state index in [1.807, 2.05) is 59.5 Å². The fraction of sp³-hybridized carbons (Fsp3) is 0.281. The molecule has 10 heteroatoms. The molecule has 2 N–H and O–H groups in total. The van der Waals surface area contributed by atoms with Crippen molar-refractivity contribution < 1.29 is 22.8 Å². The van der Waals surface area contributed by atoms with Gasteiger partial charge in [0.2, 0.25) is 5.91 Å². The molecule has 1 aliphatic heterocycles. The van der Waals surface area contributed by atoms with Crippen molar-refractivity contribution in [2.75, 3.05) is 25.5 Å². The number of halogens is 3. The summed E-state index contributed by atoms with van der Waals surface area (Å²) in [5, 5.41) is 10.4. The maximum absolute atomic E-state index is 13.0. The molecule has 1 saturated heterocycles. The lowest BCUT2D eigenvalue weighted by Crippen LogP contribution is -2.38. The number of hydrogen-bond acceptors (Lipinski definition) is 3. The molecule has 0 aliphatic carbocycles. The number of piperidine rings is 1. The SMILES string of the molecule is CNC(=O)CCc1cc(-c2ccc(-c3ccc(C(F)(F)F)cc3)cc2)n(-c2ccc(NC(=O)N3CCCCC3)cc2)n1. The van der Waals surface area contributed by atoms with Crippen molar-refractivity contribution in [3.05, 3.63) is 90.1 Å². The van der Waals surface area contributed by atoms with Gasteiger partial charge in [0.1, 0.15) is 0 Å². The van der Waals surface area contributed by atoms with Gasteiger partial charge < -0.3 is 15.5 Å². The molecule has 0 bridgehead atoms. The Morgan fingerprint density at radius 2 is 1.43 bits per heavy atom. The molecular weight excluding hydrogens is 543 g/mol. The molecule has 0 radical (unpaired) electrons. The zero-order chi connectivity index (χ0) is 29.7. The Morgan fingerprint density at radius 1 is 0.833 bits per heavy atom. The Morgan fingerprint density at radius 3 is 2.02 bits per heavy atom. The van der Waals surface area contributed by atoms with Gasteiger partial charge in [-0.15, -0.1) is 0 Å². The highest BCUT2D eigenvalue weighted by Gasteiger charge is 2.30. The Bertz CT molecular complexity index is 1520. The fourth-order valence-electron chi connectivity index (χ4n) is 4.99. The molecule has 3 amide bonds. The van der Waals surface area contributed by atoms with Gasteiger partial charge in [0.25, 0.3) is 0 Å². The van der Waals surface area contributed by atoms with E-state index in [1.165, 1.54) is 12.1 Å². The molecule has 0 saturated carbocycles. The van der Waals surface area contributed by atoms with E-state index in [-0.39, 0.29) is 11.9 Å². The highest BCUT2D eigenvalue weighted by atomic mass is 19.4. The summed E-state index contributed by atoms with van der Waals surface area (Å²) >= 11 is 0. The molecule has 4 aromatic rings. The number of urea groups is 1.